The second kappa shape index (κ2) is 7.92. The summed E-state index contributed by atoms with van der Waals surface area (Å²) in [5, 5.41) is 6.42. The fraction of sp³-hybridized carbons (Fsp3) is 0.364. The molecule has 4 rings (SSSR count). The van der Waals surface area contributed by atoms with Gasteiger partial charge in [0.15, 0.2) is 5.78 Å². The smallest absolute Gasteiger partial charge is 0.239 e. The van der Waals surface area contributed by atoms with Crippen molar-refractivity contribution in [2.75, 3.05) is 23.3 Å². The minimum absolute atomic E-state index is 0.0690. The van der Waals surface area contributed by atoms with Crippen molar-refractivity contribution in [3.63, 3.8) is 0 Å². The first-order valence-corrected chi connectivity index (χ1v) is 9.88. The SMILES string of the molecule is CCCNC(=O)CN1c2ccccc2NC2=C(C(=O)CCC2)[C@@H]1c1ccco1. The van der Waals surface area contributed by atoms with E-state index in [0.29, 0.717) is 24.3 Å². The fourth-order valence-corrected chi connectivity index (χ4v) is 3.99. The molecule has 6 heteroatoms. The first-order chi connectivity index (χ1) is 13.7. The molecule has 0 radical (unpaired) electrons. The van der Waals surface area contributed by atoms with Crippen molar-refractivity contribution in [1.29, 1.82) is 0 Å². The minimum atomic E-state index is -0.429. The molecule has 1 amide bonds. The minimum Gasteiger partial charge on any atom is -0.467 e. The lowest BCUT2D eigenvalue weighted by atomic mass is 9.88. The average molecular weight is 379 g/mol. The van der Waals surface area contributed by atoms with Crippen LogP contribution in [0.1, 0.15) is 44.4 Å². The van der Waals surface area contributed by atoms with Gasteiger partial charge in [0.05, 0.1) is 24.2 Å². The number of para-hydroxylation sites is 2. The van der Waals surface area contributed by atoms with Gasteiger partial charge in [-0.3, -0.25) is 9.59 Å². The number of rotatable bonds is 5. The van der Waals surface area contributed by atoms with Crippen LogP contribution in [0, 0.1) is 0 Å². The van der Waals surface area contributed by atoms with Crippen LogP contribution >= 0.6 is 0 Å². The van der Waals surface area contributed by atoms with Crippen LogP contribution in [-0.2, 0) is 9.59 Å². The molecule has 6 nitrogen and oxygen atoms in total. The molecule has 1 aromatic heterocycles. The molecule has 2 N–H and O–H groups in total. The Hall–Kier alpha value is -3.02. The van der Waals surface area contributed by atoms with Gasteiger partial charge in [0.2, 0.25) is 5.91 Å². The maximum absolute atomic E-state index is 13.0. The van der Waals surface area contributed by atoms with E-state index in [0.717, 1.165) is 36.3 Å². The Bertz CT molecular complexity index is 902. The van der Waals surface area contributed by atoms with Gasteiger partial charge in [-0.25, -0.2) is 0 Å². The van der Waals surface area contributed by atoms with E-state index < -0.39 is 6.04 Å². The quantitative estimate of drug-likeness (QED) is 0.827. The Morgan fingerprint density at radius 2 is 2.11 bits per heavy atom. The molecule has 1 aliphatic heterocycles. The van der Waals surface area contributed by atoms with Crippen molar-refractivity contribution in [3.8, 4) is 0 Å². The van der Waals surface area contributed by atoms with Crippen LogP contribution < -0.4 is 15.5 Å². The second-order valence-electron chi connectivity index (χ2n) is 7.21. The molecule has 1 aliphatic carbocycles. The van der Waals surface area contributed by atoms with E-state index >= 15 is 0 Å². The van der Waals surface area contributed by atoms with E-state index in [-0.39, 0.29) is 18.2 Å². The van der Waals surface area contributed by atoms with E-state index in [9.17, 15) is 9.59 Å². The van der Waals surface area contributed by atoms with E-state index in [4.69, 9.17) is 4.42 Å². The summed E-state index contributed by atoms with van der Waals surface area (Å²) in [7, 11) is 0. The van der Waals surface area contributed by atoms with Crippen LogP contribution in [-0.4, -0.2) is 24.8 Å². The highest BCUT2D eigenvalue weighted by atomic mass is 16.3. The highest BCUT2D eigenvalue weighted by Crippen LogP contribution is 2.44. The number of nitrogens with one attached hydrogen (secondary N) is 2. The lowest BCUT2D eigenvalue weighted by molar-refractivity contribution is -0.120. The predicted molar refractivity (Wildman–Crippen MR) is 108 cm³/mol. The number of amides is 1. The molecule has 0 unspecified atom stereocenters. The average Bonchev–Trinajstić information content (AvgIpc) is 3.18. The zero-order valence-electron chi connectivity index (χ0n) is 16.0. The van der Waals surface area contributed by atoms with E-state index in [1.54, 1.807) is 6.26 Å². The van der Waals surface area contributed by atoms with Crippen LogP contribution in [0.5, 0.6) is 0 Å². The summed E-state index contributed by atoms with van der Waals surface area (Å²) >= 11 is 0. The van der Waals surface area contributed by atoms with E-state index in [1.807, 2.05) is 48.2 Å². The third kappa shape index (κ3) is 3.42. The highest BCUT2D eigenvalue weighted by molar-refractivity contribution is 6.01. The van der Waals surface area contributed by atoms with Gasteiger partial charge in [-0.05, 0) is 43.5 Å². The number of benzene rings is 1. The van der Waals surface area contributed by atoms with Crippen molar-refractivity contribution in [2.24, 2.45) is 0 Å². The Balaban J connectivity index is 1.84. The summed E-state index contributed by atoms with van der Waals surface area (Å²) in [6.07, 6.45) is 4.64. The number of hydrogen-bond donors (Lipinski definition) is 2. The zero-order valence-corrected chi connectivity index (χ0v) is 16.0. The normalized spacial score (nSPS) is 18.8. The molecule has 146 valence electrons. The number of hydrogen-bond acceptors (Lipinski definition) is 5. The van der Waals surface area contributed by atoms with Crippen molar-refractivity contribution in [3.05, 3.63) is 59.7 Å². The lowest BCUT2D eigenvalue weighted by Crippen LogP contribution is -2.41. The maximum atomic E-state index is 13.0. The van der Waals surface area contributed by atoms with Gasteiger partial charge >= 0.3 is 0 Å². The molecule has 28 heavy (non-hydrogen) atoms. The topological polar surface area (TPSA) is 74.6 Å². The molecule has 0 saturated heterocycles. The Morgan fingerprint density at radius 1 is 1.25 bits per heavy atom. The largest absolute Gasteiger partial charge is 0.467 e. The molecule has 1 atom stereocenters. The van der Waals surface area contributed by atoms with Gasteiger partial charge in [0.25, 0.3) is 0 Å². The molecule has 2 aliphatic rings. The molecule has 0 spiro atoms. The Morgan fingerprint density at radius 3 is 2.89 bits per heavy atom. The van der Waals surface area contributed by atoms with Gasteiger partial charge < -0.3 is 20.0 Å². The van der Waals surface area contributed by atoms with Gasteiger partial charge in [-0.2, -0.15) is 0 Å². The number of carbonyl (C=O) groups is 2. The molecule has 2 aromatic rings. The van der Waals surface area contributed by atoms with Crippen LogP contribution in [0.4, 0.5) is 11.4 Å². The summed E-state index contributed by atoms with van der Waals surface area (Å²) in [4.78, 5) is 27.6. The zero-order chi connectivity index (χ0) is 19.5. The van der Waals surface area contributed by atoms with Crippen LogP contribution in [0.15, 0.2) is 58.3 Å². The molecule has 0 saturated carbocycles. The van der Waals surface area contributed by atoms with Crippen molar-refractivity contribution in [1.82, 2.24) is 5.32 Å². The van der Waals surface area contributed by atoms with Crippen LogP contribution in [0.3, 0.4) is 0 Å². The molecular formula is C22H25N3O3. The third-order valence-corrected chi connectivity index (χ3v) is 5.24. The number of allylic oxidation sites excluding steroid dienone is 1. The number of carbonyl (C=O) groups excluding carboxylic acids is 2. The summed E-state index contributed by atoms with van der Waals surface area (Å²) in [6.45, 7) is 2.80. The lowest BCUT2D eigenvalue weighted by Gasteiger charge is -2.33. The predicted octanol–water partition coefficient (Wildman–Crippen LogP) is 3.79. The summed E-state index contributed by atoms with van der Waals surface area (Å²) in [6, 6.07) is 11.1. The van der Waals surface area contributed by atoms with Gasteiger partial charge in [0, 0.05) is 24.2 Å². The van der Waals surface area contributed by atoms with E-state index in [1.165, 1.54) is 0 Å². The first-order valence-electron chi connectivity index (χ1n) is 9.88. The van der Waals surface area contributed by atoms with Crippen molar-refractivity contribution in [2.45, 2.75) is 38.6 Å². The fourth-order valence-electron chi connectivity index (χ4n) is 3.99. The van der Waals surface area contributed by atoms with E-state index in [2.05, 4.69) is 10.6 Å². The second-order valence-corrected chi connectivity index (χ2v) is 7.21. The molecular weight excluding hydrogens is 354 g/mol. The summed E-state index contributed by atoms with van der Waals surface area (Å²) in [5.74, 6) is 0.715. The molecule has 2 heterocycles. The summed E-state index contributed by atoms with van der Waals surface area (Å²) in [5.41, 5.74) is 3.43. The van der Waals surface area contributed by atoms with Gasteiger partial charge in [0.1, 0.15) is 11.8 Å². The number of Topliss-reactive ketones (excluding diaryl/α,β-unsaturated/α-hetero) is 1. The number of ketones is 1. The maximum Gasteiger partial charge on any atom is 0.239 e. The number of nitrogens with zero attached hydrogens (tertiary/aromatic N) is 1. The molecule has 1 aromatic carbocycles. The van der Waals surface area contributed by atoms with Gasteiger partial charge in [-0.1, -0.05) is 19.1 Å². The van der Waals surface area contributed by atoms with Crippen molar-refractivity contribution < 1.29 is 14.0 Å². The molecule has 0 bridgehead atoms. The molecule has 0 fully saturated rings. The number of fused-ring (bicyclic) bond motifs is 1. The monoisotopic (exact) mass is 379 g/mol. The number of anilines is 2. The number of furan rings is 1. The first kappa shape index (κ1) is 18.3. The summed E-state index contributed by atoms with van der Waals surface area (Å²) < 4.78 is 5.75. The van der Waals surface area contributed by atoms with Crippen LogP contribution in [0.2, 0.25) is 0 Å². The third-order valence-electron chi connectivity index (χ3n) is 5.24. The highest BCUT2D eigenvalue weighted by Gasteiger charge is 2.38. The van der Waals surface area contributed by atoms with Gasteiger partial charge in [-0.15, -0.1) is 0 Å². The van der Waals surface area contributed by atoms with Crippen LogP contribution in [0.25, 0.3) is 0 Å². The Kier molecular flexibility index (Phi) is 5.19. The standard InChI is InChI=1S/C22H25N3O3/c1-2-12-23-20(27)14-25-17-9-4-3-7-15(17)24-16-8-5-10-18(26)21(16)22(25)19-11-6-13-28-19/h3-4,6-7,9,11,13,22,24H,2,5,8,10,12,14H2,1H3,(H,23,27)/t22-/m0/s1. The Labute approximate surface area is 164 Å². The van der Waals surface area contributed by atoms with Crippen molar-refractivity contribution >= 4 is 23.1 Å².